The molecule has 0 aliphatic carbocycles. The van der Waals surface area contributed by atoms with Gasteiger partial charge in [0, 0.05) is 25.2 Å². The third-order valence-electron chi connectivity index (χ3n) is 3.73. The van der Waals surface area contributed by atoms with E-state index in [4.69, 9.17) is 21.0 Å². The van der Waals surface area contributed by atoms with E-state index in [9.17, 15) is 14.4 Å². The topological polar surface area (TPSA) is 137 Å². The predicted molar refractivity (Wildman–Crippen MR) is 95.6 cm³/mol. The van der Waals surface area contributed by atoms with Crippen LogP contribution in [0.5, 0.6) is 5.75 Å². The highest BCUT2D eigenvalue weighted by Crippen LogP contribution is 2.12. The Morgan fingerprint density at radius 1 is 1.15 bits per heavy atom. The summed E-state index contributed by atoms with van der Waals surface area (Å²) < 4.78 is 5.55. The summed E-state index contributed by atoms with van der Waals surface area (Å²) in [5, 5.41) is 16.0. The number of aliphatic carboxylic acids is 1. The number of hydrogen-bond acceptors (Lipinski definition) is 5. The maximum Gasteiger partial charge on any atom is 0.323 e. The van der Waals surface area contributed by atoms with Crippen LogP contribution in [-0.2, 0) is 14.4 Å². The molecule has 10 heteroatoms. The van der Waals surface area contributed by atoms with E-state index in [1.807, 2.05) is 0 Å². The van der Waals surface area contributed by atoms with Gasteiger partial charge in [0.05, 0.1) is 6.61 Å². The van der Waals surface area contributed by atoms with Gasteiger partial charge in [0.25, 0.3) is 0 Å². The van der Waals surface area contributed by atoms with Crippen molar-refractivity contribution in [2.75, 3.05) is 32.8 Å². The zero-order chi connectivity index (χ0) is 18.4. The summed E-state index contributed by atoms with van der Waals surface area (Å²) in [5.74, 6) is -2.00. The average molecular weight is 385 g/mol. The number of amidine groups is 1. The van der Waals surface area contributed by atoms with Crippen molar-refractivity contribution in [3.8, 4) is 5.75 Å². The standard InChI is InChI=1S/C16H20N4O5.ClH/c17-14(18)11-2-4-12(5-3-11)25-9-1-6-19-7-8-20(10-13(21)22)16(24)15(19)23;/h2-5H,1,6-10H2,(H3,17,18)(H,21,22);1H. The Labute approximate surface area is 156 Å². The van der Waals surface area contributed by atoms with Gasteiger partial charge in [0.15, 0.2) is 0 Å². The van der Waals surface area contributed by atoms with Gasteiger partial charge in [0.2, 0.25) is 0 Å². The maximum absolute atomic E-state index is 12.0. The third kappa shape index (κ3) is 5.62. The minimum Gasteiger partial charge on any atom is -0.494 e. The van der Waals surface area contributed by atoms with E-state index in [2.05, 4.69) is 0 Å². The summed E-state index contributed by atoms with van der Waals surface area (Å²) in [6.45, 7) is 0.778. The Morgan fingerprint density at radius 3 is 2.31 bits per heavy atom. The normalized spacial score (nSPS) is 14.0. The Morgan fingerprint density at radius 2 is 1.73 bits per heavy atom. The van der Waals surface area contributed by atoms with Crippen molar-refractivity contribution in [1.29, 1.82) is 5.41 Å². The molecule has 26 heavy (non-hydrogen) atoms. The molecule has 0 radical (unpaired) electrons. The lowest BCUT2D eigenvalue weighted by atomic mass is 10.2. The van der Waals surface area contributed by atoms with Crippen LogP contribution in [0.3, 0.4) is 0 Å². The first-order valence-corrected chi connectivity index (χ1v) is 7.75. The molecular formula is C16H21ClN4O5. The molecular weight excluding hydrogens is 364 g/mol. The molecule has 1 aromatic carbocycles. The van der Waals surface area contributed by atoms with Crippen LogP contribution in [0.1, 0.15) is 12.0 Å². The van der Waals surface area contributed by atoms with Gasteiger partial charge in [-0.2, -0.15) is 0 Å². The molecule has 0 atom stereocenters. The van der Waals surface area contributed by atoms with E-state index in [0.29, 0.717) is 37.4 Å². The number of rotatable bonds is 8. The van der Waals surface area contributed by atoms with Crippen LogP contribution >= 0.6 is 12.4 Å². The van der Waals surface area contributed by atoms with Crippen molar-refractivity contribution in [2.24, 2.45) is 5.73 Å². The summed E-state index contributed by atoms with van der Waals surface area (Å²) >= 11 is 0. The number of nitrogens with one attached hydrogen (secondary N) is 1. The molecule has 0 unspecified atom stereocenters. The monoisotopic (exact) mass is 384 g/mol. The Kier molecular flexibility index (Phi) is 7.85. The SMILES string of the molecule is Cl.N=C(N)c1ccc(OCCCN2CCN(CC(=O)O)C(=O)C2=O)cc1. The number of halogens is 1. The van der Waals surface area contributed by atoms with Crippen molar-refractivity contribution in [1.82, 2.24) is 9.80 Å². The van der Waals surface area contributed by atoms with E-state index in [0.717, 1.165) is 4.90 Å². The van der Waals surface area contributed by atoms with Gasteiger partial charge in [-0.3, -0.25) is 19.8 Å². The largest absolute Gasteiger partial charge is 0.494 e. The highest BCUT2D eigenvalue weighted by molar-refractivity contribution is 6.35. The van der Waals surface area contributed by atoms with E-state index < -0.39 is 24.3 Å². The second-order valence-corrected chi connectivity index (χ2v) is 5.55. The van der Waals surface area contributed by atoms with Crippen molar-refractivity contribution in [3.05, 3.63) is 29.8 Å². The molecule has 1 fully saturated rings. The molecule has 0 aromatic heterocycles. The van der Waals surface area contributed by atoms with Crippen molar-refractivity contribution in [3.63, 3.8) is 0 Å². The third-order valence-corrected chi connectivity index (χ3v) is 3.73. The Balaban J connectivity index is 0.00000338. The van der Waals surface area contributed by atoms with Gasteiger partial charge in [-0.1, -0.05) is 0 Å². The van der Waals surface area contributed by atoms with Gasteiger partial charge in [-0.05, 0) is 30.7 Å². The fourth-order valence-corrected chi connectivity index (χ4v) is 2.42. The molecule has 2 rings (SSSR count). The average Bonchev–Trinajstić information content (AvgIpc) is 2.57. The quantitative estimate of drug-likeness (QED) is 0.248. The molecule has 0 bridgehead atoms. The highest BCUT2D eigenvalue weighted by Gasteiger charge is 2.32. The second kappa shape index (κ2) is 9.62. The minimum absolute atomic E-state index is 0. The van der Waals surface area contributed by atoms with Crippen LogP contribution in [0.4, 0.5) is 0 Å². The molecule has 0 spiro atoms. The first-order chi connectivity index (χ1) is 11.9. The fourth-order valence-electron chi connectivity index (χ4n) is 2.42. The number of amides is 2. The van der Waals surface area contributed by atoms with Gasteiger partial charge in [0.1, 0.15) is 18.1 Å². The Bertz CT molecular complexity index is 680. The lowest BCUT2D eigenvalue weighted by molar-refractivity contribution is -0.158. The predicted octanol–water partition coefficient (Wildman–Crippen LogP) is -0.0832. The summed E-state index contributed by atoms with van der Waals surface area (Å²) in [7, 11) is 0. The number of carbonyl (C=O) groups is 3. The molecule has 0 saturated carbocycles. The number of carboxylic acid groups (broad SMARTS) is 1. The molecule has 1 aliphatic rings. The number of nitrogen functional groups attached to an aromatic ring is 1. The van der Waals surface area contributed by atoms with Crippen LogP contribution < -0.4 is 10.5 Å². The molecule has 1 aromatic rings. The summed E-state index contributed by atoms with van der Waals surface area (Å²) in [6, 6.07) is 6.77. The van der Waals surface area contributed by atoms with Crippen LogP contribution in [0.2, 0.25) is 0 Å². The number of nitrogens with two attached hydrogens (primary N) is 1. The summed E-state index contributed by atoms with van der Waals surface area (Å²) in [4.78, 5) is 36.9. The number of ether oxygens (including phenoxy) is 1. The van der Waals surface area contributed by atoms with Crippen LogP contribution in [0, 0.1) is 5.41 Å². The first-order valence-electron chi connectivity index (χ1n) is 7.75. The number of nitrogens with zero attached hydrogens (tertiary/aromatic N) is 2. The van der Waals surface area contributed by atoms with Crippen molar-refractivity contribution < 1.29 is 24.2 Å². The molecule has 4 N–H and O–H groups in total. The van der Waals surface area contributed by atoms with E-state index >= 15 is 0 Å². The molecule has 1 aliphatic heterocycles. The van der Waals surface area contributed by atoms with E-state index in [1.165, 1.54) is 4.90 Å². The van der Waals surface area contributed by atoms with Crippen LogP contribution in [-0.4, -0.2) is 71.3 Å². The van der Waals surface area contributed by atoms with Gasteiger partial charge >= 0.3 is 17.8 Å². The highest BCUT2D eigenvalue weighted by atomic mass is 35.5. The number of carbonyl (C=O) groups excluding carboxylic acids is 2. The van der Waals surface area contributed by atoms with Crippen LogP contribution in [0.25, 0.3) is 0 Å². The number of piperazine rings is 1. The zero-order valence-corrected chi connectivity index (χ0v) is 14.8. The van der Waals surface area contributed by atoms with E-state index in [1.54, 1.807) is 24.3 Å². The number of hydrogen-bond donors (Lipinski definition) is 3. The second-order valence-electron chi connectivity index (χ2n) is 5.55. The maximum atomic E-state index is 12.0. The van der Waals surface area contributed by atoms with Crippen molar-refractivity contribution in [2.45, 2.75) is 6.42 Å². The van der Waals surface area contributed by atoms with Gasteiger partial charge in [-0.25, -0.2) is 0 Å². The molecule has 142 valence electrons. The van der Waals surface area contributed by atoms with Crippen molar-refractivity contribution >= 4 is 36.0 Å². The lowest BCUT2D eigenvalue weighted by Gasteiger charge is -2.32. The number of benzene rings is 1. The Hall–Kier alpha value is -2.81. The zero-order valence-electron chi connectivity index (χ0n) is 14.0. The number of carboxylic acids is 1. The molecule has 9 nitrogen and oxygen atoms in total. The summed E-state index contributed by atoms with van der Waals surface area (Å²) in [5.41, 5.74) is 5.98. The summed E-state index contributed by atoms with van der Waals surface area (Å²) in [6.07, 6.45) is 0.534. The minimum atomic E-state index is -1.14. The van der Waals surface area contributed by atoms with Crippen LogP contribution in [0.15, 0.2) is 24.3 Å². The first kappa shape index (κ1) is 21.2. The molecule has 1 saturated heterocycles. The van der Waals surface area contributed by atoms with Gasteiger partial charge in [-0.15, -0.1) is 12.4 Å². The fraction of sp³-hybridized carbons (Fsp3) is 0.375. The van der Waals surface area contributed by atoms with Gasteiger partial charge < -0.3 is 25.4 Å². The molecule has 1 heterocycles. The molecule has 2 amide bonds. The van der Waals surface area contributed by atoms with E-state index in [-0.39, 0.29) is 24.8 Å². The lowest BCUT2D eigenvalue weighted by Crippen LogP contribution is -2.55. The smallest absolute Gasteiger partial charge is 0.323 e.